The number of rotatable bonds is 7. The van der Waals surface area contributed by atoms with Crippen molar-refractivity contribution in [1.82, 2.24) is 20.0 Å². The van der Waals surface area contributed by atoms with Gasteiger partial charge in [0.05, 0.1) is 26.2 Å². The largest absolute Gasteiger partial charge is 0.453 e. The molecule has 4 amide bonds. The van der Waals surface area contributed by atoms with Gasteiger partial charge in [0.15, 0.2) is 0 Å². The number of carbonyl (C=O) groups excluding carboxylic acids is 4. The first-order chi connectivity index (χ1) is 19.7. The zero-order valence-corrected chi connectivity index (χ0v) is 22.6. The lowest BCUT2D eigenvalue weighted by molar-refractivity contribution is -0.131. The number of hydrogen-bond donors (Lipinski definition) is 3. The van der Waals surface area contributed by atoms with E-state index in [1.54, 1.807) is 28.0 Å². The van der Waals surface area contributed by atoms with E-state index in [2.05, 4.69) is 15.8 Å². The highest BCUT2D eigenvalue weighted by Gasteiger charge is 2.39. The van der Waals surface area contributed by atoms with Gasteiger partial charge in [-0.2, -0.15) is 0 Å². The van der Waals surface area contributed by atoms with E-state index in [4.69, 9.17) is 15.3 Å². The van der Waals surface area contributed by atoms with Crippen LogP contribution in [-0.4, -0.2) is 97.7 Å². The van der Waals surface area contributed by atoms with Crippen molar-refractivity contribution in [3.63, 3.8) is 0 Å². The van der Waals surface area contributed by atoms with Crippen molar-refractivity contribution in [2.45, 2.75) is 25.0 Å². The molecule has 14 heteroatoms. The predicted octanol–water partition coefficient (Wildman–Crippen LogP) is 1.90. The molecular weight excluding hydrogens is 542 g/mol. The summed E-state index contributed by atoms with van der Waals surface area (Å²) in [7, 11) is 1.21. The minimum absolute atomic E-state index is 0.0243. The average Bonchev–Trinajstić information content (AvgIpc) is 3.33. The van der Waals surface area contributed by atoms with Gasteiger partial charge < -0.3 is 36.1 Å². The van der Waals surface area contributed by atoms with Crippen LogP contribution in [0.3, 0.4) is 0 Å². The van der Waals surface area contributed by atoms with E-state index in [0.29, 0.717) is 18.8 Å². The van der Waals surface area contributed by atoms with E-state index in [9.17, 15) is 14.4 Å². The number of hydrogen-bond acceptors (Lipinski definition) is 8. The second kappa shape index (κ2) is 14.7. The molecule has 2 unspecified atom stereocenters. The molecule has 2 aliphatic heterocycles. The van der Waals surface area contributed by atoms with Crippen LogP contribution in [0.5, 0.6) is 0 Å². The number of nitrogen functional groups attached to an aromatic ring is 1. The van der Waals surface area contributed by atoms with Gasteiger partial charge in [0, 0.05) is 44.7 Å². The van der Waals surface area contributed by atoms with Gasteiger partial charge in [-0.25, -0.2) is 18.4 Å². The van der Waals surface area contributed by atoms with E-state index in [1.165, 1.54) is 18.1 Å². The number of anilines is 1. The van der Waals surface area contributed by atoms with Crippen LogP contribution in [0.15, 0.2) is 53.8 Å². The standard InChI is InChI=1S/C26H31F2N5O5.CH3NO/c1-37-25(35)30-15-19-16-33(26(36)38-19)18-13-20(27)24(21(28)14-18)32-11-9-31(10-12-32)23(34)8-4-6-17-5-2-3-7-22(17)29;2-1-3/h2-7,13,18-19H,8-12,14-16,29H2,1H3,(H,30,35);1H,(H2,2,3)/b6-4+;. The van der Waals surface area contributed by atoms with Crippen molar-refractivity contribution in [2.75, 3.05) is 52.1 Å². The number of alkyl carbamates (subject to hydrolysis) is 1. The first kappa shape index (κ1) is 30.9. The molecular formula is C27H34F2N6O6. The number of halogens is 2. The van der Waals surface area contributed by atoms with Gasteiger partial charge in [0.25, 0.3) is 0 Å². The number of nitrogens with one attached hydrogen (secondary N) is 1. The normalized spacial score (nSPS) is 20.7. The summed E-state index contributed by atoms with van der Waals surface area (Å²) >= 11 is 0. The Morgan fingerprint density at radius 2 is 1.88 bits per heavy atom. The number of allylic oxidation sites excluding steroid dienone is 1. The molecule has 41 heavy (non-hydrogen) atoms. The van der Waals surface area contributed by atoms with Crippen molar-refractivity contribution >= 4 is 36.3 Å². The Morgan fingerprint density at radius 1 is 1.20 bits per heavy atom. The van der Waals surface area contributed by atoms with Gasteiger partial charge in [0.2, 0.25) is 12.3 Å². The zero-order chi connectivity index (χ0) is 29.9. The van der Waals surface area contributed by atoms with E-state index in [-0.39, 0.29) is 57.0 Å². The summed E-state index contributed by atoms with van der Waals surface area (Å²) in [5.41, 5.74) is 11.4. The number of nitrogens with two attached hydrogens (primary N) is 2. The van der Waals surface area contributed by atoms with Crippen molar-refractivity contribution in [1.29, 1.82) is 0 Å². The van der Waals surface area contributed by atoms with Gasteiger partial charge in [-0.1, -0.05) is 30.4 Å². The molecule has 2 atom stereocenters. The number of amides is 4. The molecule has 12 nitrogen and oxygen atoms in total. The van der Waals surface area contributed by atoms with Crippen LogP contribution in [-0.2, 0) is 19.1 Å². The smallest absolute Gasteiger partial charge is 0.410 e. The van der Waals surface area contributed by atoms with Crippen LogP contribution in [0.1, 0.15) is 18.4 Å². The fourth-order valence-corrected chi connectivity index (χ4v) is 4.69. The summed E-state index contributed by atoms with van der Waals surface area (Å²) in [5.74, 6) is -1.50. The summed E-state index contributed by atoms with van der Waals surface area (Å²) in [4.78, 5) is 49.2. The quantitative estimate of drug-likeness (QED) is 0.328. The summed E-state index contributed by atoms with van der Waals surface area (Å²) in [5, 5.41) is 2.44. The topological polar surface area (TPSA) is 161 Å². The molecule has 0 saturated carbocycles. The number of ether oxygens (including phenoxy) is 2. The molecule has 5 N–H and O–H groups in total. The minimum Gasteiger partial charge on any atom is -0.453 e. The molecule has 4 rings (SSSR count). The van der Waals surface area contributed by atoms with Crippen LogP contribution in [0.2, 0.25) is 0 Å². The summed E-state index contributed by atoms with van der Waals surface area (Å²) in [6, 6.07) is 6.51. The molecule has 0 bridgehead atoms. The lowest BCUT2D eigenvalue weighted by atomic mass is 10.0. The van der Waals surface area contributed by atoms with Crippen molar-refractivity contribution in [3.05, 3.63) is 59.3 Å². The highest BCUT2D eigenvalue weighted by Crippen LogP contribution is 2.34. The van der Waals surface area contributed by atoms with Gasteiger partial charge in [-0.05, 0) is 17.7 Å². The van der Waals surface area contributed by atoms with Crippen molar-refractivity contribution < 1.29 is 37.4 Å². The first-order valence-electron chi connectivity index (χ1n) is 12.9. The van der Waals surface area contributed by atoms with E-state index in [1.807, 2.05) is 18.2 Å². The number of piperazine rings is 1. The van der Waals surface area contributed by atoms with Gasteiger partial charge in [0.1, 0.15) is 23.5 Å². The fourth-order valence-electron chi connectivity index (χ4n) is 4.69. The first-order valence-corrected chi connectivity index (χ1v) is 12.9. The third-order valence-corrected chi connectivity index (χ3v) is 6.71. The van der Waals surface area contributed by atoms with Crippen molar-refractivity contribution in [3.8, 4) is 0 Å². The van der Waals surface area contributed by atoms with Crippen LogP contribution >= 0.6 is 0 Å². The third-order valence-electron chi connectivity index (χ3n) is 6.71. The Balaban J connectivity index is 0.00000147. The Hall–Kier alpha value is -4.62. The number of benzene rings is 1. The molecule has 0 aromatic heterocycles. The van der Waals surface area contributed by atoms with Crippen LogP contribution in [0.4, 0.5) is 24.1 Å². The fraction of sp³-hybridized carbons (Fsp3) is 0.407. The van der Waals surface area contributed by atoms with Crippen LogP contribution < -0.4 is 16.8 Å². The zero-order valence-electron chi connectivity index (χ0n) is 22.6. The second-order valence-electron chi connectivity index (χ2n) is 9.31. The van der Waals surface area contributed by atoms with E-state index in [0.717, 1.165) is 5.56 Å². The molecule has 0 spiro atoms. The number of para-hydroxylation sites is 1. The molecule has 2 heterocycles. The maximum atomic E-state index is 15.1. The lowest BCUT2D eigenvalue weighted by Crippen LogP contribution is -2.49. The molecule has 2 fully saturated rings. The predicted molar refractivity (Wildman–Crippen MR) is 146 cm³/mol. The number of nitrogens with zero attached hydrogens (tertiary/aromatic N) is 3. The van der Waals surface area contributed by atoms with Gasteiger partial charge in [-0.3, -0.25) is 14.5 Å². The van der Waals surface area contributed by atoms with E-state index < -0.39 is 36.0 Å². The monoisotopic (exact) mass is 576 g/mol. The molecule has 2 saturated heterocycles. The van der Waals surface area contributed by atoms with Crippen LogP contribution in [0, 0.1) is 0 Å². The lowest BCUT2D eigenvalue weighted by Gasteiger charge is -2.38. The summed E-state index contributed by atoms with van der Waals surface area (Å²) in [6.07, 6.45) is 3.00. The highest BCUT2D eigenvalue weighted by molar-refractivity contribution is 5.79. The van der Waals surface area contributed by atoms with Gasteiger partial charge >= 0.3 is 12.2 Å². The molecule has 0 radical (unpaired) electrons. The third kappa shape index (κ3) is 8.19. The molecule has 222 valence electrons. The van der Waals surface area contributed by atoms with Gasteiger partial charge in [-0.15, -0.1) is 0 Å². The Labute approximate surface area is 236 Å². The number of cyclic esters (lactones) is 1. The van der Waals surface area contributed by atoms with E-state index >= 15 is 8.78 Å². The Bertz CT molecular complexity index is 1210. The highest BCUT2D eigenvalue weighted by atomic mass is 19.1. The maximum absolute atomic E-state index is 15.1. The van der Waals surface area contributed by atoms with Crippen LogP contribution in [0.25, 0.3) is 6.08 Å². The molecule has 3 aliphatic rings. The summed E-state index contributed by atoms with van der Waals surface area (Å²) < 4.78 is 39.9. The average molecular weight is 577 g/mol. The maximum Gasteiger partial charge on any atom is 0.410 e. The Morgan fingerprint density at radius 3 is 2.51 bits per heavy atom. The number of carbonyl (C=O) groups is 4. The molecule has 1 aromatic rings. The number of methoxy groups -OCH3 is 1. The SMILES string of the molecule is COC(=O)NCC1CN(C2C=C(F)C(N3CCN(C(=O)C/C=C/c4ccccc4N)CC3)=C(F)C2)C(=O)O1.NC=O. The molecule has 1 aromatic carbocycles. The molecule has 1 aliphatic carbocycles. The minimum atomic E-state index is -0.845. The Kier molecular flexibility index (Phi) is 11.1. The van der Waals surface area contributed by atoms with Crippen molar-refractivity contribution in [2.24, 2.45) is 5.73 Å². The second-order valence-corrected chi connectivity index (χ2v) is 9.31. The summed E-state index contributed by atoms with van der Waals surface area (Å²) in [6.45, 7) is 1.33. The number of primary amides is 1.